The Hall–Kier alpha value is -2.79. The third-order valence-corrected chi connectivity index (χ3v) is 3.86. The molecule has 0 aromatic heterocycles. The molecular weight excluding hydrogens is 330 g/mol. The second-order valence-corrected chi connectivity index (χ2v) is 5.75. The van der Waals surface area contributed by atoms with E-state index in [1.165, 1.54) is 0 Å². The van der Waals surface area contributed by atoms with E-state index in [2.05, 4.69) is 11.9 Å². The molecule has 2 aromatic rings. The molecule has 5 heteroatoms. The zero-order valence-corrected chi connectivity index (χ0v) is 15.3. The number of nitrogens with one attached hydrogen (secondary N) is 1. The van der Waals surface area contributed by atoms with Gasteiger partial charge in [0.15, 0.2) is 18.1 Å². The van der Waals surface area contributed by atoms with E-state index < -0.39 is 0 Å². The van der Waals surface area contributed by atoms with Gasteiger partial charge in [0, 0.05) is 13.7 Å². The van der Waals surface area contributed by atoms with Crippen LogP contribution in [0.2, 0.25) is 0 Å². The molecular formula is C21H25NO4. The van der Waals surface area contributed by atoms with Gasteiger partial charge < -0.3 is 19.5 Å². The fourth-order valence-electron chi connectivity index (χ4n) is 2.54. The largest absolute Gasteiger partial charge is 0.493 e. The summed E-state index contributed by atoms with van der Waals surface area (Å²) in [5, 5.41) is 2.86. The molecule has 0 fully saturated rings. The molecule has 0 atom stereocenters. The van der Waals surface area contributed by atoms with E-state index >= 15 is 0 Å². The summed E-state index contributed by atoms with van der Waals surface area (Å²) in [6.45, 7) is 4.58. The summed E-state index contributed by atoms with van der Waals surface area (Å²) in [4.78, 5) is 12.1. The summed E-state index contributed by atoms with van der Waals surface area (Å²) in [5.41, 5.74) is 3.15. The summed E-state index contributed by atoms with van der Waals surface area (Å²) < 4.78 is 16.1. The monoisotopic (exact) mass is 355 g/mol. The first-order valence-corrected chi connectivity index (χ1v) is 8.41. The minimum atomic E-state index is -0.200. The third-order valence-electron chi connectivity index (χ3n) is 3.86. The van der Waals surface area contributed by atoms with Crippen LogP contribution in [0.15, 0.2) is 55.1 Å². The van der Waals surface area contributed by atoms with Crippen molar-refractivity contribution in [3.05, 3.63) is 71.8 Å². The highest BCUT2D eigenvalue weighted by Gasteiger charge is 2.09. The Bertz CT molecular complexity index is 743. The third kappa shape index (κ3) is 5.63. The Morgan fingerprint density at radius 2 is 1.88 bits per heavy atom. The Labute approximate surface area is 154 Å². The lowest BCUT2D eigenvalue weighted by Crippen LogP contribution is -2.28. The molecule has 0 saturated carbocycles. The standard InChI is InChI=1S/C21H25NO4/c1-4-7-16-10-11-19(20(12-16)25-3)26-15-21(23)22-13-17-8-5-6-9-18(17)14-24-2/h4-6,8-12H,1,7,13-15H2,2-3H3,(H,22,23). The fourth-order valence-corrected chi connectivity index (χ4v) is 2.54. The van der Waals surface area contributed by atoms with Crippen molar-refractivity contribution in [2.24, 2.45) is 0 Å². The van der Waals surface area contributed by atoms with E-state index in [0.717, 1.165) is 23.1 Å². The van der Waals surface area contributed by atoms with Crippen molar-refractivity contribution in [1.29, 1.82) is 0 Å². The van der Waals surface area contributed by atoms with Gasteiger partial charge in [0.1, 0.15) is 0 Å². The average molecular weight is 355 g/mol. The quantitative estimate of drug-likeness (QED) is 0.665. The highest BCUT2D eigenvalue weighted by Crippen LogP contribution is 2.28. The fraction of sp³-hybridized carbons (Fsp3) is 0.286. The predicted octanol–water partition coefficient (Wildman–Crippen LogP) is 3.27. The number of carbonyl (C=O) groups excluding carboxylic acids is 1. The maximum absolute atomic E-state index is 12.1. The normalized spacial score (nSPS) is 10.2. The molecule has 0 saturated heterocycles. The van der Waals surface area contributed by atoms with Gasteiger partial charge in [-0.1, -0.05) is 36.4 Å². The van der Waals surface area contributed by atoms with Crippen molar-refractivity contribution >= 4 is 5.91 Å². The van der Waals surface area contributed by atoms with Gasteiger partial charge in [-0.3, -0.25) is 4.79 Å². The smallest absolute Gasteiger partial charge is 0.258 e. The average Bonchev–Trinajstić information content (AvgIpc) is 2.66. The van der Waals surface area contributed by atoms with Gasteiger partial charge in [-0.05, 0) is 35.2 Å². The van der Waals surface area contributed by atoms with Crippen LogP contribution in [0.5, 0.6) is 11.5 Å². The van der Waals surface area contributed by atoms with Gasteiger partial charge in [-0.2, -0.15) is 0 Å². The number of allylic oxidation sites excluding steroid dienone is 1. The van der Waals surface area contributed by atoms with Crippen LogP contribution < -0.4 is 14.8 Å². The number of carbonyl (C=O) groups is 1. The Balaban J connectivity index is 1.90. The first-order valence-electron chi connectivity index (χ1n) is 8.41. The first kappa shape index (κ1) is 19.5. The molecule has 0 spiro atoms. The molecule has 1 N–H and O–H groups in total. The zero-order valence-electron chi connectivity index (χ0n) is 15.3. The molecule has 0 unspecified atom stereocenters. The van der Waals surface area contributed by atoms with Gasteiger partial charge in [0.25, 0.3) is 5.91 Å². The summed E-state index contributed by atoms with van der Waals surface area (Å²) in [6, 6.07) is 13.5. The van der Waals surface area contributed by atoms with E-state index in [0.29, 0.717) is 24.7 Å². The van der Waals surface area contributed by atoms with Crippen LogP contribution in [0.1, 0.15) is 16.7 Å². The van der Waals surface area contributed by atoms with Crippen LogP contribution in [0.25, 0.3) is 0 Å². The van der Waals surface area contributed by atoms with Gasteiger partial charge in [-0.15, -0.1) is 6.58 Å². The molecule has 0 aliphatic carbocycles. The number of amides is 1. The minimum Gasteiger partial charge on any atom is -0.493 e. The Kier molecular flexibility index (Phi) is 7.71. The molecule has 0 aliphatic heterocycles. The number of ether oxygens (including phenoxy) is 3. The van der Waals surface area contributed by atoms with E-state index in [-0.39, 0.29) is 12.5 Å². The lowest BCUT2D eigenvalue weighted by molar-refractivity contribution is -0.123. The molecule has 1 amide bonds. The van der Waals surface area contributed by atoms with Crippen molar-refractivity contribution in [3.63, 3.8) is 0 Å². The molecule has 26 heavy (non-hydrogen) atoms. The highest BCUT2D eigenvalue weighted by molar-refractivity contribution is 5.77. The molecule has 0 heterocycles. The van der Waals surface area contributed by atoms with Gasteiger partial charge in [0.2, 0.25) is 0 Å². The Morgan fingerprint density at radius 3 is 2.58 bits per heavy atom. The maximum atomic E-state index is 12.1. The lowest BCUT2D eigenvalue weighted by atomic mass is 10.1. The van der Waals surface area contributed by atoms with E-state index in [9.17, 15) is 4.79 Å². The van der Waals surface area contributed by atoms with Crippen LogP contribution >= 0.6 is 0 Å². The minimum absolute atomic E-state index is 0.0798. The van der Waals surface area contributed by atoms with Crippen LogP contribution in [0.3, 0.4) is 0 Å². The van der Waals surface area contributed by atoms with E-state index in [1.807, 2.05) is 42.5 Å². The summed E-state index contributed by atoms with van der Waals surface area (Å²) in [6.07, 6.45) is 2.57. The van der Waals surface area contributed by atoms with Crippen molar-refractivity contribution in [3.8, 4) is 11.5 Å². The SMILES string of the molecule is C=CCc1ccc(OCC(=O)NCc2ccccc2COC)c(OC)c1. The topological polar surface area (TPSA) is 56.8 Å². The van der Waals surface area contributed by atoms with Gasteiger partial charge >= 0.3 is 0 Å². The molecule has 5 nitrogen and oxygen atoms in total. The van der Waals surface area contributed by atoms with Crippen molar-refractivity contribution in [2.75, 3.05) is 20.8 Å². The van der Waals surface area contributed by atoms with Crippen LogP contribution in [-0.2, 0) is 29.1 Å². The molecule has 0 aliphatic rings. The number of rotatable bonds is 10. The Morgan fingerprint density at radius 1 is 1.12 bits per heavy atom. The number of hydrogen-bond acceptors (Lipinski definition) is 4. The van der Waals surface area contributed by atoms with E-state index in [4.69, 9.17) is 14.2 Å². The number of methoxy groups -OCH3 is 2. The molecule has 0 radical (unpaired) electrons. The van der Waals surface area contributed by atoms with Crippen molar-refractivity contribution < 1.29 is 19.0 Å². The van der Waals surface area contributed by atoms with Gasteiger partial charge in [-0.25, -0.2) is 0 Å². The van der Waals surface area contributed by atoms with Crippen LogP contribution in [0, 0.1) is 0 Å². The summed E-state index contributed by atoms with van der Waals surface area (Å²) in [7, 11) is 3.23. The van der Waals surface area contributed by atoms with E-state index in [1.54, 1.807) is 20.3 Å². The summed E-state index contributed by atoms with van der Waals surface area (Å²) in [5.74, 6) is 0.937. The summed E-state index contributed by atoms with van der Waals surface area (Å²) >= 11 is 0. The molecule has 138 valence electrons. The first-order chi connectivity index (χ1) is 12.7. The zero-order chi connectivity index (χ0) is 18.8. The number of benzene rings is 2. The predicted molar refractivity (Wildman–Crippen MR) is 101 cm³/mol. The van der Waals surface area contributed by atoms with Crippen molar-refractivity contribution in [2.45, 2.75) is 19.6 Å². The highest BCUT2D eigenvalue weighted by atomic mass is 16.5. The van der Waals surface area contributed by atoms with Crippen molar-refractivity contribution in [1.82, 2.24) is 5.32 Å². The van der Waals surface area contributed by atoms with Gasteiger partial charge in [0.05, 0.1) is 13.7 Å². The second-order valence-electron chi connectivity index (χ2n) is 5.75. The molecule has 2 rings (SSSR count). The van der Waals surface area contributed by atoms with Crippen LogP contribution in [-0.4, -0.2) is 26.7 Å². The molecule has 2 aromatic carbocycles. The maximum Gasteiger partial charge on any atom is 0.258 e. The second kappa shape index (κ2) is 10.3. The number of hydrogen-bond donors (Lipinski definition) is 1. The molecule has 0 bridgehead atoms. The van der Waals surface area contributed by atoms with Crippen LogP contribution in [0.4, 0.5) is 0 Å². The lowest BCUT2D eigenvalue weighted by Gasteiger charge is -2.13.